The summed E-state index contributed by atoms with van der Waals surface area (Å²) in [4.78, 5) is 21.1. The Morgan fingerprint density at radius 3 is 1.39 bits per heavy atom. The maximum Gasteiger partial charge on any atom is 2.00 e. The maximum absolute atomic E-state index is 5.42. The van der Waals surface area contributed by atoms with Gasteiger partial charge in [-0.2, -0.15) is 0 Å². The van der Waals surface area contributed by atoms with Crippen molar-refractivity contribution in [3.8, 4) is 0 Å². The van der Waals surface area contributed by atoms with Crippen molar-refractivity contribution in [1.82, 2.24) is 19.9 Å². The van der Waals surface area contributed by atoms with E-state index >= 15 is 0 Å². The average Bonchev–Trinajstić information content (AvgIpc) is 3.74. The van der Waals surface area contributed by atoms with Crippen molar-refractivity contribution in [3.05, 3.63) is 107 Å². The summed E-state index contributed by atoms with van der Waals surface area (Å²) in [5, 5.41) is 7.24. The Morgan fingerprint density at radius 2 is 0.913 bits per heavy atom. The average molecular weight is 648 g/mol. The van der Waals surface area contributed by atoms with Gasteiger partial charge in [0.1, 0.15) is 0 Å². The number of aromatic nitrogens is 4. The summed E-state index contributed by atoms with van der Waals surface area (Å²) in [6.45, 7) is 13.2. The Morgan fingerprint density at radius 1 is 0.500 bits per heavy atom. The molecule has 0 spiro atoms. The van der Waals surface area contributed by atoms with Crippen LogP contribution in [0.15, 0.2) is 72.8 Å². The van der Waals surface area contributed by atoms with E-state index < -0.39 is 0 Å². The minimum absolute atomic E-state index is 0. The Kier molecular flexibility index (Phi) is 7.50. The number of allylic oxidation sites excluding steroid dienone is 4. The first kappa shape index (κ1) is 30.2. The molecule has 0 atom stereocenters. The molecule has 5 heterocycles. The van der Waals surface area contributed by atoms with Crippen molar-refractivity contribution in [1.29, 1.82) is 0 Å². The molecule has 2 aliphatic rings. The van der Waals surface area contributed by atoms with Crippen LogP contribution in [-0.4, -0.2) is 9.97 Å². The van der Waals surface area contributed by atoms with Gasteiger partial charge in [-0.1, -0.05) is 105 Å². The summed E-state index contributed by atoms with van der Waals surface area (Å²) in [6, 6.07) is 26.3. The van der Waals surface area contributed by atoms with Crippen LogP contribution in [0.1, 0.15) is 81.4 Å². The van der Waals surface area contributed by atoms with Crippen molar-refractivity contribution >= 4 is 76.7 Å². The van der Waals surface area contributed by atoms with E-state index in [-0.39, 0.29) is 17.1 Å². The van der Waals surface area contributed by atoms with Gasteiger partial charge < -0.3 is 9.97 Å². The van der Waals surface area contributed by atoms with Crippen LogP contribution in [0.5, 0.6) is 0 Å². The zero-order valence-corrected chi connectivity index (χ0v) is 28.1. The van der Waals surface area contributed by atoms with E-state index in [1.165, 1.54) is 65.7 Å². The molecule has 0 amide bonds. The van der Waals surface area contributed by atoms with Crippen molar-refractivity contribution in [2.45, 2.75) is 60.8 Å². The van der Waals surface area contributed by atoms with Gasteiger partial charge in [0.05, 0.1) is 22.8 Å². The van der Waals surface area contributed by atoms with Gasteiger partial charge in [-0.25, -0.2) is 9.97 Å². The zero-order chi connectivity index (χ0) is 31.0. The fraction of sp³-hybridized carbons (Fsp3) is 0.220. The summed E-state index contributed by atoms with van der Waals surface area (Å²) in [6.07, 6.45) is 2.71. The molecule has 0 saturated heterocycles. The van der Waals surface area contributed by atoms with E-state index in [4.69, 9.17) is 19.9 Å². The molecule has 0 aliphatic carbocycles. The first-order valence-corrected chi connectivity index (χ1v) is 16.2. The van der Waals surface area contributed by atoms with Crippen molar-refractivity contribution in [2.24, 2.45) is 0 Å². The van der Waals surface area contributed by atoms with Gasteiger partial charge in [-0.15, -0.1) is 22.1 Å². The zero-order valence-electron chi connectivity index (χ0n) is 27.1. The van der Waals surface area contributed by atoms with Crippen LogP contribution in [-0.2, 0) is 23.5 Å². The Balaban J connectivity index is 0.00000338. The van der Waals surface area contributed by atoms with E-state index in [1.807, 2.05) is 0 Å². The third kappa shape index (κ3) is 4.40. The molecule has 231 valence electrons. The number of aryl methyl sites for hydroxylation is 2. The van der Waals surface area contributed by atoms with Crippen LogP contribution in [0.3, 0.4) is 0 Å². The molecule has 0 fully saturated rings. The first-order valence-electron chi connectivity index (χ1n) is 16.2. The molecule has 0 N–H and O–H groups in total. The molecule has 1 radical (unpaired) electrons. The Hall–Kier alpha value is -4.44. The first-order chi connectivity index (χ1) is 21.9. The van der Waals surface area contributed by atoms with Crippen molar-refractivity contribution < 1.29 is 17.1 Å². The smallest absolute Gasteiger partial charge is 0.657 e. The second-order valence-corrected chi connectivity index (χ2v) is 12.3. The summed E-state index contributed by atoms with van der Waals surface area (Å²) in [5.41, 5.74) is 15.3. The summed E-state index contributed by atoms with van der Waals surface area (Å²) in [5.74, 6) is 0. The predicted octanol–water partition coefficient (Wildman–Crippen LogP) is 10.6. The largest absolute Gasteiger partial charge is 2.00 e. The maximum atomic E-state index is 5.42. The summed E-state index contributed by atoms with van der Waals surface area (Å²) >= 11 is 0. The van der Waals surface area contributed by atoms with E-state index in [0.29, 0.717) is 0 Å². The molecule has 8 rings (SSSR count). The normalized spacial score (nSPS) is 13.3. The third-order valence-electron chi connectivity index (χ3n) is 10.0. The van der Waals surface area contributed by atoms with Gasteiger partial charge in [0.15, 0.2) is 0 Å². The van der Waals surface area contributed by atoms with Gasteiger partial charge in [-0.05, 0) is 94.6 Å². The molecule has 5 heteroatoms. The molecule has 0 saturated carbocycles. The second kappa shape index (κ2) is 11.4. The predicted molar refractivity (Wildman–Crippen MR) is 191 cm³/mol. The quantitative estimate of drug-likeness (QED) is 0.142. The van der Waals surface area contributed by atoms with E-state index in [1.54, 1.807) is 0 Å². The van der Waals surface area contributed by atoms with Crippen LogP contribution < -0.4 is 9.97 Å². The number of hydrogen-bond donors (Lipinski definition) is 0. The van der Waals surface area contributed by atoms with Gasteiger partial charge in [0.2, 0.25) is 0 Å². The SMILES string of the molecule is CCC1=C(C)c2cc3[n-]c(cc4nc(cc5[n-]c(cc1n2)c(CC)c5C)C(C)=C4CC)c1c2ccccc2c2ccccc2c31.[Cu+2]. The Labute approximate surface area is 280 Å². The van der Waals surface area contributed by atoms with Crippen LogP contribution in [0.25, 0.3) is 76.7 Å². The van der Waals surface area contributed by atoms with Crippen molar-refractivity contribution in [3.63, 3.8) is 0 Å². The molecule has 8 bridgehead atoms. The Bertz CT molecular complexity index is 2470. The molecule has 6 aromatic rings. The van der Waals surface area contributed by atoms with Crippen molar-refractivity contribution in [2.75, 3.05) is 0 Å². The second-order valence-electron chi connectivity index (χ2n) is 12.3. The van der Waals surface area contributed by atoms with Crippen LogP contribution >= 0.6 is 0 Å². The number of nitrogens with zero attached hydrogens (tertiary/aromatic N) is 4. The molecule has 2 aliphatic heterocycles. The monoisotopic (exact) mass is 647 g/mol. The van der Waals surface area contributed by atoms with Gasteiger partial charge in [0.25, 0.3) is 0 Å². The molecule has 46 heavy (non-hydrogen) atoms. The summed E-state index contributed by atoms with van der Waals surface area (Å²) in [7, 11) is 0. The van der Waals surface area contributed by atoms with E-state index in [2.05, 4.69) is 114 Å². The number of fused-ring (bicyclic) bond motifs is 16. The fourth-order valence-electron chi connectivity index (χ4n) is 7.64. The minimum atomic E-state index is 0. The van der Waals surface area contributed by atoms with Gasteiger partial charge in [-0.3, -0.25) is 0 Å². The minimum Gasteiger partial charge on any atom is -0.657 e. The third-order valence-corrected chi connectivity index (χ3v) is 10.0. The molecular formula is C41H36CuN4. The van der Waals surface area contributed by atoms with E-state index in [0.717, 1.165) is 64.1 Å². The number of benzene rings is 3. The van der Waals surface area contributed by atoms with E-state index in [9.17, 15) is 0 Å². The van der Waals surface area contributed by atoms with Crippen LogP contribution in [0.4, 0.5) is 0 Å². The number of hydrogen-bond acceptors (Lipinski definition) is 2. The van der Waals surface area contributed by atoms with Gasteiger partial charge in [0, 0.05) is 0 Å². The standard InChI is InChI=1S/C41H36N4.Cu/c1-7-25-22(4)32-18-33-23(5)27(9-3)37(43-33)21-39-41-31-17-13-11-15-29(31)28-14-10-12-16-30(28)40(41)38(45-39)19-34-24(6)26(8-2)36(44-34)20-35(25)42-32;/h10-21H,7-9H2,1-6H3;/q-2;+2. The molecule has 3 aromatic heterocycles. The van der Waals surface area contributed by atoms with Crippen LogP contribution in [0, 0.1) is 6.92 Å². The fourth-order valence-corrected chi connectivity index (χ4v) is 7.64. The molecular weight excluding hydrogens is 612 g/mol. The molecule has 0 unspecified atom stereocenters. The van der Waals surface area contributed by atoms with Crippen LogP contribution in [0.2, 0.25) is 0 Å². The topological polar surface area (TPSA) is 54.0 Å². The number of rotatable bonds is 3. The van der Waals surface area contributed by atoms with Gasteiger partial charge >= 0.3 is 17.1 Å². The molecule has 3 aromatic carbocycles. The molecule has 4 nitrogen and oxygen atoms in total. The summed E-state index contributed by atoms with van der Waals surface area (Å²) < 4.78 is 0.